The number of nitro groups is 1. The van der Waals surface area contributed by atoms with Gasteiger partial charge >= 0.3 is 0 Å². The first kappa shape index (κ1) is 20.9. The van der Waals surface area contributed by atoms with E-state index in [-0.39, 0.29) is 11.6 Å². The molecule has 0 bridgehead atoms. The fraction of sp³-hybridized carbons (Fsp3) is 0.474. The topological polar surface area (TPSA) is 128 Å². The van der Waals surface area contributed by atoms with Crippen molar-refractivity contribution in [1.29, 1.82) is 0 Å². The first-order chi connectivity index (χ1) is 15.1. The van der Waals surface area contributed by atoms with E-state index in [0.717, 1.165) is 0 Å². The van der Waals surface area contributed by atoms with Gasteiger partial charge in [0.05, 0.1) is 38.5 Å². The van der Waals surface area contributed by atoms with Gasteiger partial charge in [-0.1, -0.05) is 0 Å². The molecular weight excluding hydrogens is 406 g/mol. The molecule has 164 valence electrons. The van der Waals surface area contributed by atoms with E-state index in [1.165, 1.54) is 31.5 Å². The number of nitro benzene ring substituents is 1. The molecule has 0 amide bonds. The van der Waals surface area contributed by atoms with Gasteiger partial charge < -0.3 is 24.0 Å². The minimum atomic E-state index is -0.465. The van der Waals surface area contributed by atoms with E-state index in [1.807, 2.05) is 9.80 Å². The Hall–Kier alpha value is -3.38. The summed E-state index contributed by atoms with van der Waals surface area (Å²) in [5.41, 5.74) is 0.402. The molecule has 31 heavy (non-hydrogen) atoms. The zero-order valence-corrected chi connectivity index (χ0v) is 17.1. The molecule has 4 rings (SSSR count). The average Bonchev–Trinajstić information content (AvgIpc) is 2.83. The highest BCUT2D eigenvalue weighted by molar-refractivity contribution is 5.86. The number of nitrogens with zero attached hydrogens (tertiary/aromatic N) is 7. The molecule has 12 nitrogen and oxygen atoms in total. The lowest BCUT2D eigenvalue weighted by Crippen LogP contribution is -2.39. The van der Waals surface area contributed by atoms with Crippen molar-refractivity contribution in [2.24, 2.45) is 4.99 Å². The highest BCUT2D eigenvalue weighted by Gasteiger charge is 2.20. The largest absolute Gasteiger partial charge is 0.496 e. The number of anilines is 2. The van der Waals surface area contributed by atoms with Crippen LogP contribution < -0.4 is 14.5 Å². The van der Waals surface area contributed by atoms with Gasteiger partial charge in [0.25, 0.3) is 11.6 Å². The van der Waals surface area contributed by atoms with Gasteiger partial charge in [0.15, 0.2) is 0 Å². The van der Waals surface area contributed by atoms with Crippen LogP contribution in [0.25, 0.3) is 0 Å². The number of benzene rings is 1. The molecule has 3 heterocycles. The molecule has 1 aromatic heterocycles. The van der Waals surface area contributed by atoms with Crippen LogP contribution >= 0.6 is 0 Å². The first-order valence-corrected chi connectivity index (χ1v) is 9.92. The van der Waals surface area contributed by atoms with Crippen molar-refractivity contribution in [2.75, 3.05) is 69.5 Å². The third-order valence-corrected chi connectivity index (χ3v) is 4.93. The quantitative estimate of drug-likeness (QED) is 0.375. The van der Waals surface area contributed by atoms with Gasteiger partial charge in [-0.3, -0.25) is 10.1 Å². The zero-order valence-electron chi connectivity index (χ0n) is 17.1. The summed E-state index contributed by atoms with van der Waals surface area (Å²) in [5.74, 6) is 1.73. The molecule has 0 saturated carbocycles. The number of rotatable bonds is 6. The summed E-state index contributed by atoms with van der Waals surface area (Å²) < 4.78 is 16.1. The molecule has 0 aliphatic carbocycles. The molecule has 0 unspecified atom stereocenters. The van der Waals surface area contributed by atoms with Gasteiger partial charge in [0, 0.05) is 50.1 Å². The predicted octanol–water partition coefficient (Wildman–Crippen LogP) is 1.21. The summed E-state index contributed by atoms with van der Waals surface area (Å²) in [6.07, 6.45) is 1.47. The molecule has 1 aromatic carbocycles. The van der Waals surface area contributed by atoms with Crippen molar-refractivity contribution >= 4 is 29.7 Å². The van der Waals surface area contributed by atoms with Gasteiger partial charge in [-0.05, 0) is 6.07 Å². The number of morpholine rings is 2. The molecule has 0 N–H and O–H groups in total. The Kier molecular flexibility index (Phi) is 6.48. The van der Waals surface area contributed by atoms with Crippen LogP contribution in [0, 0.1) is 10.1 Å². The van der Waals surface area contributed by atoms with Gasteiger partial charge in [-0.15, -0.1) is 0 Å². The number of hydrogen-bond donors (Lipinski definition) is 0. The lowest BCUT2D eigenvalue weighted by atomic mass is 10.2. The van der Waals surface area contributed by atoms with Gasteiger partial charge in [0.1, 0.15) is 5.75 Å². The van der Waals surface area contributed by atoms with Crippen molar-refractivity contribution in [2.45, 2.75) is 0 Å². The Morgan fingerprint density at radius 2 is 1.61 bits per heavy atom. The van der Waals surface area contributed by atoms with E-state index in [0.29, 0.717) is 75.8 Å². The molecule has 2 aromatic rings. The third kappa shape index (κ3) is 5.03. The van der Waals surface area contributed by atoms with Gasteiger partial charge in [-0.2, -0.15) is 15.0 Å². The molecule has 0 atom stereocenters. The fourth-order valence-corrected chi connectivity index (χ4v) is 3.27. The van der Waals surface area contributed by atoms with Crippen LogP contribution in [0.15, 0.2) is 23.2 Å². The fourth-order valence-electron chi connectivity index (χ4n) is 3.27. The molecule has 0 radical (unpaired) electrons. The van der Waals surface area contributed by atoms with Crippen LogP contribution in [0.2, 0.25) is 0 Å². The number of hydrogen-bond acceptors (Lipinski definition) is 11. The van der Waals surface area contributed by atoms with E-state index in [4.69, 9.17) is 14.2 Å². The summed E-state index contributed by atoms with van der Waals surface area (Å²) in [6, 6.07) is 4.31. The number of methoxy groups -OCH3 is 1. The maximum Gasteiger partial charge on any atom is 0.270 e. The lowest BCUT2D eigenvalue weighted by molar-refractivity contribution is -0.384. The van der Waals surface area contributed by atoms with Crippen molar-refractivity contribution in [3.8, 4) is 5.75 Å². The first-order valence-electron chi connectivity index (χ1n) is 9.92. The Morgan fingerprint density at radius 1 is 1.03 bits per heavy atom. The minimum Gasteiger partial charge on any atom is -0.496 e. The zero-order chi connectivity index (χ0) is 21.6. The van der Waals surface area contributed by atoms with Crippen molar-refractivity contribution < 1.29 is 19.1 Å². The Morgan fingerprint density at radius 3 is 2.13 bits per heavy atom. The van der Waals surface area contributed by atoms with E-state index < -0.39 is 4.92 Å². The van der Waals surface area contributed by atoms with E-state index >= 15 is 0 Å². The van der Waals surface area contributed by atoms with Crippen molar-refractivity contribution in [1.82, 2.24) is 15.0 Å². The predicted molar refractivity (Wildman–Crippen MR) is 113 cm³/mol. The van der Waals surface area contributed by atoms with Crippen molar-refractivity contribution in [3.05, 3.63) is 33.9 Å². The Bertz CT molecular complexity index is 922. The van der Waals surface area contributed by atoms with Crippen LogP contribution in [-0.2, 0) is 9.47 Å². The lowest BCUT2D eigenvalue weighted by Gasteiger charge is -2.29. The van der Waals surface area contributed by atoms with Gasteiger partial charge in [0.2, 0.25) is 11.9 Å². The van der Waals surface area contributed by atoms with E-state index in [1.54, 1.807) is 0 Å². The maximum atomic E-state index is 11.1. The number of aliphatic imine (C=N–C) groups is 1. The van der Waals surface area contributed by atoms with Crippen LogP contribution in [0.4, 0.5) is 23.5 Å². The second kappa shape index (κ2) is 9.62. The standard InChI is InChI=1S/C19H23N7O5/c1-29-16-3-2-15(26(27)28)12-14(16)13-20-17-21-18(24-4-8-30-9-5-24)23-19(22-17)25-6-10-31-11-7-25/h2-3,12-13H,4-11H2,1H3. The Labute approximate surface area is 178 Å². The van der Waals surface area contributed by atoms with Crippen LogP contribution in [0.5, 0.6) is 5.75 Å². The SMILES string of the molecule is COc1ccc([N+](=O)[O-])cc1C=Nc1nc(N2CCOCC2)nc(N2CCOCC2)n1. The monoisotopic (exact) mass is 429 g/mol. The van der Waals surface area contributed by atoms with E-state index in [9.17, 15) is 10.1 Å². The second-order valence-electron chi connectivity index (χ2n) is 6.88. The minimum absolute atomic E-state index is 0.0547. The molecule has 2 aliphatic rings. The van der Waals surface area contributed by atoms with Crippen LogP contribution in [-0.4, -0.2) is 85.8 Å². The number of non-ortho nitro benzene ring substituents is 1. The number of aromatic nitrogens is 3. The number of ether oxygens (including phenoxy) is 3. The molecule has 2 saturated heterocycles. The van der Waals surface area contributed by atoms with Crippen molar-refractivity contribution in [3.63, 3.8) is 0 Å². The normalized spacial score (nSPS) is 17.2. The highest BCUT2D eigenvalue weighted by atomic mass is 16.6. The maximum absolute atomic E-state index is 11.1. The highest BCUT2D eigenvalue weighted by Crippen LogP contribution is 2.24. The molecule has 12 heteroatoms. The summed E-state index contributed by atoms with van der Waals surface area (Å²) >= 11 is 0. The summed E-state index contributed by atoms with van der Waals surface area (Å²) in [4.78, 5) is 32.7. The smallest absolute Gasteiger partial charge is 0.270 e. The molecule has 2 fully saturated rings. The van der Waals surface area contributed by atoms with Crippen LogP contribution in [0.1, 0.15) is 5.56 Å². The van der Waals surface area contributed by atoms with E-state index in [2.05, 4.69) is 19.9 Å². The molecule has 2 aliphatic heterocycles. The third-order valence-electron chi connectivity index (χ3n) is 4.93. The van der Waals surface area contributed by atoms with Crippen LogP contribution in [0.3, 0.4) is 0 Å². The summed E-state index contributed by atoms with van der Waals surface area (Å²) in [7, 11) is 1.49. The molecule has 0 spiro atoms. The molecular formula is C19H23N7O5. The summed E-state index contributed by atoms with van der Waals surface area (Å²) in [6.45, 7) is 5.10. The van der Waals surface area contributed by atoms with Gasteiger partial charge in [-0.25, -0.2) is 4.99 Å². The second-order valence-corrected chi connectivity index (χ2v) is 6.88. The Balaban J connectivity index is 1.68. The average molecular weight is 429 g/mol. The summed E-state index contributed by atoms with van der Waals surface area (Å²) in [5, 5.41) is 11.1.